The molecule has 1 atom stereocenters. The van der Waals surface area contributed by atoms with Crippen LogP contribution >= 0.6 is 0 Å². The molecule has 4 nitrogen and oxygen atoms in total. The Kier molecular flexibility index (Phi) is 5.92. The van der Waals surface area contributed by atoms with E-state index in [1.807, 2.05) is 6.92 Å². The third-order valence-electron chi connectivity index (χ3n) is 3.13. The maximum atomic E-state index is 11.7. The van der Waals surface area contributed by atoms with Gasteiger partial charge in [0.15, 0.2) is 0 Å². The molecule has 0 aromatic rings. The van der Waals surface area contributed by atoms with Gasteiger partial charge >= 0.3 is 0 Å². The average Bonchev–Trinajstić information content (AvgIpc) is 3.07. The van der Waals surface area contributed by atoms with Crippen molar-refractivity contribution < 1.29 is 4.79 Å². The van der Waals surface area contributed by atoms with Crippen molar-refractivity contribution in [1.82, 2.24) is 10.2 Å². The van der Waals surface area contributed by atoms with Crippen molar-refractivity contribution in [3.63, 3.8) is 0 Å². The summed E-state index contributed by atoms with van der Waals surface area (Å²) in [6.07, 6.45) is 3.06. The molecule has 1 aliphatic carbocycles. The highest BCUT2D eigenvalue weighted by molar-refractivity contribution is 5.76. The second-order valence-corrected chi connectivity index (χ2v) is 5.37. The van der Waals surface area contributed by atoms with Crippen LogP contribution in [0.4, 0.5) is 0 Å². The number of rotatable bonds is 8. The Bertz CT molecular complexity index is 239. The topological polar surface area (TPSA) is 58.4 Å². The van der Waals surface area contributed by atoms with Crippen LogP contribution in [0.25, 0.3) is 0 Å². The fourth-order valence-electron chi connectivity index (χ4n) is 2.24. The van der Waals surface area contributed by atoms with Crippen molar-refractivity contribution in [3.05, 3.63) is 0 Å². The summed E-state index contributed by atoms with van der Waals surface area (Å²) in [5, 5.41) is 2.86. The third-order valence-corrected chi connectivity index (χ3v) is 3.13. The lowest BCUT2D eigenvalue weighted by molar-refractivity contribution is -0.122. The van der Waals surface area contributed by atoms with Crippen molar-refractivity contribution in [2.45, 2.75) is 52.1 Å². The smallest absolute Gasteiger partial charge is 0.221 e. The van der Waals surface area contributed by atoms with Crippen LogP contribution < -0.4 is 11.1 Å². The molecule has 1 fully saturated rings. The van der Waals surface area contributed by atoms with Crippen molar-refractivity contribution in [2.24, 2.45) is 11.7 Å². The standard InChI is InChI=1S/C13H27N3O/c1-4-15-13(17)7-12(8-14)16(9-10(2)3)11-5-6-11/h10-12H,4-9,14H2,1-3H3,(H,15,17). The van der Waals surface area contributed by atoms with Gasteiger partial charge in [0.25, 0.3) is 0 Å². The van der Waals surface area contributed by atoms with Gasteiger partial charge in [-0.3, -0.25) is 9.69 Å². The number of hydrogen-bond acceptors (Lipinski definition) is 3. The molecule has 100 valence electrons. The van der Waals surface area contributed by atoms with Gasteiger partial charge in [-0.15, -0.1) is 0 Å². The van der Waals surface area contributed by atoms with Gasteiger partial charge in [-0.2, -0.15) is 0 Å². The van der Waals surface area contributed by atoms with Gasteiger partial charge in [0.2, 0.25) is 5.91 Å². The average molecular weight is 241 g/mol. The van der Waals surface area contributed by atoms with E-state index in [9.17, 15) is 4.79 Å². The Hall–Kier alpha value is -0.610. The van der Waals surface area contributed by atoms with Crippen LogP contribution in [-0.2, 0) is 4.79 Å². The molecule has 1 saturated carbocycles. The molecular weight excluding hydrogens is 214 g/mol. The van der Waals surface area contributed by atoms with Crippen LogP contribution in [0.15, 0.2) is 0 Å². The fourth-order valence-corrected chi connectivity index (χ4v) is 2.24. The van der Waals surface area contributed by atoms with Gasteiger partial charge in [-0.25, -0.2) is 0 Å². The van der Waals surface area contributed by atoms with E-state index in [-0.39, 0.29) is 11.9 Å². The molecule has 3 N–H and O–H groups in total. The second kappa shape index (κ2) is 6.97. The van der Waals surface area contributed by atoms with E-state index in [0.29, 0.717) is 31.5 Å². The number of nitrogens with zero attached hydrogens (tertiary/aromatic N) is 1. The minimum atomic E-state index is 0.123. The zero-order valence-corrected chi connectivity index (χ0v) is 11.4. The molecule has 0 aromatic carbocycles. The number of carbonyl (C=O) groups is 1. The molecule has 0 aromatic heterocycles. The first-order chi connectivity index (χ1) is 8.08. The molecular formula is C13H27N3O. The number of nitrogens with two attached hydrogens (primary N) is 1. The molecule has 0 heterocycles. The highest BCUT2D eigenvalue weighted by Crippen LogP contribution is 2.30. The summed E-state index contributed by atoms with van der Waals surface area (Å²) in [5.74, 6) is 0.747. The molecule has 0 bridgehead atoms. The monoisotopic (exact) mass is 241 g/mol. The lowest BCUT2D eigenvalue weighted by Gasteiger charge is -2.32. The van der Waals surface area contributed by atoms with E-state index in [1.54, 1.807) is 0 Å². The molecule has 0 saturated heterocycles. The van der Waals surface area contributed by atoms with Gasteiger partial charge in [0.05, 0.1) is 0 Å². The molecule has 1 amide bonds. The quantitative estimate of drug-likeness (QED) is 0.665. The fraction of sp³-hybridized carbons (Fsp3) is 0.923. The van der Waals surface area contributed by atoms with E-state index in [4.69, 9.17) is 5.73 Å². The summed E-state index contributed by atoms with van der Waals surface area (Å²) < 4.78 is 0. The molecule has 17 heavy (non-hydrogen) atoms. The highest BCUT2D eigenvalue weighted by atomic mass is 16.1. The Morgan fingerprint density at radius 1 is 1.47 bits per heavy atom. The van der Waals surface area contributed by atoms with Crippen LogP contribution in [-0.4, -0.2) is 42.5 Å². The van der Waals surface area contributed by atoms with Crippen molar-refractivity contribution >= 4 is 5.91 Å². The Morgan fingerprint density at radius 2 is 2.12 bits per heavy atom. The summed E-state index contributed by atoms with van der Waals surface area (Å²) in [6, 6.07) is 0.872. The third kappa shape index (κ3) is 5.04. The maximum absolute atomic E-state index is 11.7. The summed E-state index contributed by atoms with van der Waals surface area (Å²) in [4.78, 5) is 14.1. The molecule has 0 aliphatic heterocycles. The zero-order chi connectivity index (χ0) is 12.8. The minimum Gasteiger partial charge on any atom is -0.356 e. The van der Waals surface area contributed by atoms with E-state index in [2.05, 4.69) is 24.1 Å². The first kappa shape index (κ1) is 14.5. The second-order valence-electron chi connectivity index (χ2n) is 5.37. The number of nitrogens with one attached hydrogen (secondary N) is 1. The highest BCUT2D eigenvalue weighted by Gasteiger charge is 2.34. The SMILES string of the molecule is CCNC(=O)CC(CN)N(CC(C)C)C1CC1. The minimum absolute atomic E-state index is 0.123. The van der Waals surface area contributed by atoms with Gasteiger partial charge in [-0.1, -0.05) is 13.8 Å². The van der Waals surface area contributed by atoms with Crippen molar-refractivity contribution in [2.75, 3.05) is 19.6 Å². The van der Waals surface area contributed by atoms with Gasteiger partial charge < -0.3 is 11.1 Å². The zero-order valence-electron chi connectivity index (χ0n) is 11.4. The molecule has 4 heteroatoms. The van der Waals surface area contributed by atoms with E-state index in [0.717, 1.165) is 6.54 Å². The van der Waals surface area contributed by atoms with Crippen molar-refractivity contribution in [1.29, 1.82) is 0 Å². The van der Waals surface area contributed by atoms with Crippen LogP contribution in [0, 0.1) is 5.92 Å². The largest absolute Gasteiger partial charge is 0.356 e. The van der Waals surface area contributed by atoms with Crippen LogP contribution in [0.3, 0.4) is 0 Å². The van der Waals surface area contributed by atoms with Gasteiger partial charge in [0.1, 0.15) is 0 Å². The molecule has 1 aliphatic rings. The first-order valence-corrected chi connectivity index (χ1v) is 6.81. The first-order valence-electron chi connectivity index (χ1n) is 6.81. The summed E-state index contributed by atoms with van der Waals surface area (Å²) >= 11 is 0. The summed E-state index contributed by atoms with van der Waals surface area (Å²) in [6.45, 7) is 8.70. The Morgan fingerprint density at radius 3 is 2.53 bits per heavy atom. The van der Waals surface area contributed by atoms with Crippen LogP contribution in [0.1, 0.15) is 40.0 Å². The van der Waals surface area contributed by atoms with E-state index >= 15 is 0 Å². The normalized spacial score (nSPS) is 17.5. The number of amides is 1. The summed E-state index contributed by atoms with van der Waals surface area (Å²) in [5.41, 5.74) is 5.84. The molecule has 1 unspecified atom stereocenters. The maximum Gasteiger partial charge on any atom is 0.221 e. The van der Waals surface area contributed by atoms with Crippen molar-refractivity contribution in [3.8, 4) is 0 Å². The predicted molar refractivity (Wildman–Crippen MR) is 70.7 cm³/mol. The van der Waals surface area contributed by atoms with Crippen LogP contribution in [0.5, 0.6) is 0 Å². The Labute approximate surface area is 105 Å². The molecule has 0 radical (unpaired) electrons. The van der Waals surface area contributed by atoms with E-state index < -0.39 is 0 Å². The lowest BCUT2D eigenvalue weighted by atomic mass is 10.1. The summed E-state index contributed by atoms with van der Waals surface area (Å²) in [7, 11) is 0. The predicted octanol–water partition coefficient (Wildman–Crippen LogP) is 0.960. The number of hydrogen-bond donors (Lipinski definition) is 2. The molecule has 1 rings (SSSR count). The lowest BCUT2D eigenvalue weighted by Crippen LogP contribution is -2.46. The molecule has 0 spiro atoms. The van der Waals surface area contributed by atoms with Gasteiger partial charge in [0, 0.05) is 38.1 Å². The van der Waals surface area contributed by atoms with E-state index in [1.165, 1.54) is 12.8 Å². The van der Waals surface area contributed by atoms with Crippen LogP contribution in [0.2, 0.25) is 0 Å². The number of carbonyl (C=O) groups excluding carboxylic acids is 1. The van der Waals surface area contributed by atoms with Gasteiger partial charge in [-0.05, 0) is 25.7 Å². The Balaban J connectivity index is 2.51.